The summed E-state index contributed by atoms with van der Waals surface area (Å²) >= 11 is 0. The summed E-state index contributed by atoms with van der Waals surface area (Å²) in [7, 11) is 0. The molecule has 0 aromatic heterocycles. The molecule has 1 aromatic carbocycles. The molecule has 0 spiro atoms. The van der Waals surface area contributed by atoms with E-state index in [1.807, 2.05) is 20.8 Å². The molecule has 0 aliphatic carbocycles. The van der Waals surface area contributed by atoms with Crippen molar-refractivity contribution in [2.75, 3.05) is 18.5 Å². The largest absolute Gasteiger partial charge is 0.505 e. The van der Waals surface area contributed by atoms with Gasteiger partial charge in [-0.1, -0.05) is 39.7 Å². The molecule has 11 nitrogen and oxygen atoms in total. The number of phenolic OH excluding ortho intramolecular Hbond substituents is 1. The average Bonchev–Trinajstić information content (AvgIpc) is 2.84. The second-order valence-electron chi connectivity index (χ2n) is 8.74. The number of ether oxygens (including phenoxy) is 2. The van der Waals surface area contributed by atoms with Crippen LogP contribution in [0.15, 0.2) is 18.2 Å². The third-order valence-corrected chi connectivity index (χ3v) is 5.46. The van der Waals surface area contributed by atoms with E-state index >= 15 is 0 Å². The molecule has 1 heterocycles. The summed E-state index contributed by atoms with van der Waals surface area (Å²) in [5.41, 5.74) is -0.167. The van der Waals surface area contributed by atoms with Gasteiger partial charge in [-0.15, -0.1) is 0 Å². The molecule has 1 saturated heterocycles. The molecule has 0 saturated carbocycles. The number of anilines is 1. The molecule has 35 heavy (non-hydrogen) atoms. The van der Waals surface area contributed by atoms with Crippen molar-refractivity contribution in [2.45, 2.75) is 58.6 Å². The lowest BCUT2D eigenvalue weighted by Crippen LogP contribution is -2.50. The van der Waals surface area contributed by atoms with Crippen LogP contribution in [0.4, 0.5) is 5.69 Å². The molecule has 1 aliphatic heterocycles. The van der Waals surface area contributed by atoms with E-state index < -0.39 is 54.2 Å². The van der Waals surface area contributed by atoms with Crippen molar-refractivity contribution in [3.8, 4) is 5.75 Å². The number of hydrogen-bond acceptors (Lipinski definition) is 8. The maximum Gasteiger partial charge on any atom is 0.312 e. The van der Waals surface area contributed by atoms with Gasteiger partial charge in [0.2, 0.25) is 12.3 Å². The van der Waals surface area contributed by atoms with Crippen molar-refractivity contribution in [3.63, 3.8) is 0 Å². The average molecular weight is 492 g/mol. The van der Waals surface area contributed by atoms with Crippen molar-refractivity contribution >= 4 is 35.9 Å². The lowest BCUT2D eigenvalue weighted by molar-refractivity contribution is -0.162. The van der Waals surface area contributed by atoms with Gasteiger partial charge in [-0.25, -0.2) is 0 Å². The van der Waals surface area contributed by atoms with Crippen molar-refractivity contribution in [1.29, 1.82) is 0 Å². The number of aromatic hydroxyl groups is 1. The highest BCUT2D eigenvalue weighted by Gasteiger charge is 2.36. The van der Waals surface area contributed by atoms with Crippen LogP contribution in [0.5, 0.6) is 5.75 Å². The van der Waals surface area contributed by atoms with E-state index in [1.165, 1.54) is 18.2 Å². The molecular weight excluding hydrogens is 458 g/mol. The van der Waals surface area contributed by atoms with Crippen molar-refractivity contribution in [3.05, 3.63) is 23.8 Å². The molecule has 3 unspecified atom stereocenters. The Hall–Kier alpha value is -3.63. The second kappa shape index (κ2) is 13.3. The molecule has 2 rings (SSSR count). The molecule has 1 aliphatic rings. The van der Waals surface area contributed by atoms with E-state index in [4.69, 9.17) is 9.47 Å². The van der Waals surface area contributed by atoms with Crippen LogP contribution in [0, 0.1) is 11.8 Å². The third-order valence-electron chi connectivity index (χ3n) is 5.46. The van der Waals surface area contributed by atoms with Gasteiger partial charge in [0, 0.05) is 6.42 Å². The monoisotopic (exact) mass is 491 g/mol. The number of amides is 3. The van der Waals surface area contributed by atoms with Crippen molar-refractivity contribution in [2.24, 2.45) is 11.8 Å². The van der Waals surface area contributed by atoms with Crippen LogP contribution in [0.2, 0.25) is 0 Å². The molecule has 0 radical (unpaired) electrons. The van der Waals surface area contributed by atoms with Gasteiger partial charge in [0.15, 0.2) is 5.75 Å². The zero-order chi connectivity index (χ0) is 26.0. The molecule has 4 N–H and O–H groups in total. The Kier molecular flexibility index (Phi) is 10.5. The standard InChI is InChI=1S/C24H33N3O8/c1-4-5-7-15-19(35-20(29)10-14(2)3)11-25-23(32)18(12-34-24(15)33)27-22(31)16-8-6-9-17(21(16)30)26-13-28/h6,8-9,13-15,18-19,30H,4-5,7,10-12H2,1-3H3,(H,25,32)(H,26,28)(H,27,31). The van der Waals surface area contributed by atoms with E-state index in [2.05, 4.69) is 16.0 Å². The van der Waals surface area contributed by atoms with Gasteiger partial charge in [-0.05, 0) is 24.5 Å². The van der Waals surface area contributed by atoms with E-state index in [0.717, 1.165) is 6.42 Å². The fraction of sp³-hybridized carbons (Fsp3) is 0.542. The molecule has 0 bridgehead atoms. The predicted octanol–water partition coefficient (Wildman–Crippen LogP) is 1.50. The second-order valence-corrected chi connectivity index (χ2v) is 8.74. The Morgan fingerprint density at radius 2 is 2.06 bits per heavy atom. The fourth-order valence-electron chi connectivity index (χ4n) is 3.62. The summed E-state index contributed by atoms with van der Waals surface area (Å²) in [4.78, 5) is 61.4. The minimum atomic E-state index is -1.26. The van der Waals surface area contributed by atoms with Crippen LogP contribution in [-0.2, 0) is 28.7 Å². The molecule has 1 aromatic rings. The van der Waals surface area contributed by atoms with Crippen molar-refractivity contribution in [1.82, 2.24) is 10.6 Å². The zero-order valence-corrected chi connectivity index (χ0v) is 20.2. The van der Waals surface area contributed by atoms with Crippen LogP contribution in [-0.4, -0.2) is 60.6 Å². The lowest BCUT2D eigenvalue weighted by Gasteiger charge is -2.25. The minimum absolute atomic E-state index is 0.0165. The fourth-order valence-corrected chi connectivity index (χ4v) is 3.62. The number of hydrogen-bond donors (Lipinski definition) is 4. The van der Waals surface area contributed by atoms with E-state index in [0.29, 0.717) is 19.3 Å². The van der Waals surface area contributed by atoms with Gasteiger partial charge in [0.05, 0.1) is 23.7 Å². The Balaban J connectivity index is 2.20. The van der Waals surface area contributed by atoms with Crippen LogP contribution in [0.1, 0.15) is 56.8 Å². The molecular formula is C24H33N3O8. The maximum absolute atomic E-state index is 12.9. The Morgan fingerprint density at radius 3 is 2.71 bits per heavy atom. The number of carbonyl (C=O) groups is 5. The number of rotatable bonds is 10. The number of benzene rings is 1. The molecule has 1 fully saturated rings. The van der Waals surface area contributed by atoms with Crippen LogP contribution < -0.4 is 16.0 Å². The van der Waals surface area contributed by atoms with E-state index in [-0.39, 0.29) is 30.1 Å². The first-order valence-corrected chi connectivity index (χ1v) is 11.6. The number of nitrogens with one attached hydrogen (secondary N) is 3. The Morgan fingerprint density at radius 1 is 1.31 bits per heavy atom. The SMILES string of the molecule is CCCCC1C(=O)OCC(NC(=O)c2cccc(NC=O)c2O)C(=O)NCC1OC(=O)CC(C)C. The summed E-state index contributed by atoms with van der Waals surface area (Å²) in [6.45, 7) is 5.12. The van der Waals surface area contributed by atoms with Gasteiger partial charge in [-0.2, -0.15) is 0 Å². The first-order valence-electron chi connectivity index (χ1n) is 11.6. The predicted molar refractivity (Wildman–Crippen MR) is 125 cm³/mol. The highest BCUT2D eigenvalue weighted by molar-refractivity contribution is 6.01. The Labute approximate surface area is 203 Å². The summed E-state index contributed by atoms with van der Waals surface area (Å²) in [5.74, 6) is -3.74. The number of cyclic esters (lactones) is 1. The Bertz CT molecular complexity index is 933. The smallest absolute Gasteiger partial charge is 0.312 e. The number of carbonyl (C=O) groups excluding carboxylic acids is 5. The third kappa shape index (κ3) is 7.97. The highest BCUT2D eigenvalue weighted by Crippen LogP contribution is 2.27. The number of para-hydroxylation sites is 1. The van der Waals surface area contributed by atoms with Crippen molar-refractivity contribution < 1.29 is 38.6 Å². The highest BCUT2D eigenvalue weighted by atomic mass is 16.6. The van der Waals surface area contributed by atoms with Gasteiger partial charge in [0.1, 0.15) is 18.8 Å². The zero-order valence-electron chi connectivity index (χ0n) is 20.2. The summed E-state index contributed by atoms with van der Waals surface area (Å²) in [5, 5.41) is 17.6. The summed E-state index contributed by atoms with van der Waals surface area (Å²) < 4.78 is 10.9. The quantitative estimate of drug-likeness (QED) is 0.218. The molecule has 3 amide bonds. The first kappa shape index (κ1) is 27.6. The van der Waals surface area contributed by atoms with Gasteiger partial charge in [-0.3, -0.25) is 24.0 Å². The van der Waals surface area contributed by atoms with Gasteiger partial charge < -0.3 is 30.5 Å². The lowest BCUT2D eigenvalue weighted by atomic mass is 9.95. The topological polar surface area (TPSA) is 160 Å². The summed E-state index contributed by atoms with van der Waals surface area (Å²) in [6, 6.07) is 2.89. The maximum atomic E-state index is 12.9. The van der Waals surface area contributed by atoms with Gasteiger partial charge in [0.25, 0.3) is 5.91 Å². The minimum Gasteiger partial charge on any atom is -0.505 e. The first-order chi connectivity index (χ1) is 16.7. The number of phenols is 1. The van der Waals surface area contributed by atoms with E-state index in [1.54, 1.807) is 0 Å². The normalized spacial score (nSPS) is 20.5. The summed E-state index contributed by atoms with van der Waals surface area (Å²) in [6.07, 6.45) is 1.52. The van der Waals surface area contributed by atoms with Crippen LogP contribution >= 0.6 is 0 Å². The molecule has 192 valence electrons. The van der Waals surface area contributed by atoms with E-state index in [9.17, 15) is 29.1 Å². The van der Waals surface area contributed by atoms with Crippen LogP contribution in [0.25, 0.3) is 0 Å². The number of unbranched alkanes of at least 4 members (excludes halogenated alkanes) is 1. The number of esters is 2. The molecule has 11 heteroatoms. The molecule has 3 atom stereocenters. The van der Waals surface area contributed by atoms with Crippen LogP contribution in [0.3, 0.4) is 0 Å². The van der Waals surface area contributed by atoms with Gasteiger partial charge >= 0.3 is 11.9 Å².